The van der Waals surface area contributed by atoms with Crippen LogP contribution in [0.2, 0.25) is 0 Å². The number of amides is 1. The van der Waals surface area contributed by atoms with E-state index in [9.17, 15) is 4.79 Å². The van der Waals surface area contributed by atoms with Gasteiger partial charge in [0, 0.05) is 31.4 Å². The number of para-hydroxylation sites is 1. The number of carbonyl (C=O) groups excluding carboxylic acids is 1. The van der Waals surface area contributed by atoms with Crippen molar-refractivity contribution < 1.29 is 4.79 Å². The molecular formula is C23H30N6OS. The second-order valence-corrected chi connectivity index (χ2v) is 9.85. The Morgan fingerprint density at radius 2 is 1.94 bits per heavy atom. The Hall–Kier alpha value is -2.53. The molecule has 4 rings (SSSR count). The van der Waals surface area contributed by atoms with Crippen molar-refractivity contribution in [2.24, 2.45) is 5.92 Å². The predicted octanol–water partition coefficient (Wildman–Crippen LogP) is 4.28. The molecule has 164 valence electrons. The minimum atomic E-state index is -0.324. The summed E-state index contributed by atoms with van der Waals surface area (Å²) in [6.07, 6.45) is 4.94. The molecule has 2 aliphatic rings. The van der Waals surface area contributed by atoms with Gasteiger partial charge in [0.05, 0.1) is 17.7 Å². The first-order chi connectivity index (χ1) is 15.1. The first-order valence-corrected chi connectivity index (χ1v) is 12.1. The largest absolute Gasteiger partial charge is 0.341 e. The van der Waals surface area contributed by atoms with Crippen LogP contribution in [-0.4, -0.2) is 45.6 Å². The van der Waals surface area contributed by atoms with Crippen molar-refractivity contribution in [3.05, 3.63) is 30.3 Å². The summed E-state index contributed by atoms with van der Waals surface area (Å²) in [5.74, 6) is 1.71. The van der Waals surface area contributed by atoms with Crippen LogP contribution in [0.1, 0.15) is 52.0 Å². The molecule has 8 heteroatoms. The molecule has 0 bridgehead atoms. The molecule has 1 aromatic carbocycles. The van der Waals surface area contributed by atoms with E-state index in [1.54, 1.807) is 4.90 Å². The zero-order chi connectivity index (χ0) is 21.8. The number of benzene rings is 1. The van der Waals surface area contributed by atoms with Gasteiger partial charge < -0.3 is 9.80 Å². The molecule has 1 aliphatic carbocycles. The van der Waals surface area contributed by atoms with E-state index in [2.05, 4.69) is 32.7 Å². The molecule has 0 radical (unpaired) electrons. The number of anilines is 2. The van der Waals surface area contributed by atoms with Crippen molar-refractivity contribution in [1.82, 2.24) is 14.8 Å². The second kappa shape index (κ2) is 9.73. The van der Waals surface area contributed by atoms with Crippen LogP contribution in [0, 0.1) is 17.2 Å². The van der Waals surface area contributed by atoms with Crippen molar-refractivity contribution in [2.45, 2.75) is 62.4 Å². The van der Waals surface area contributed by atoms with Gasteiger partial charge in [0.15, 0.2) is 5.16 Å². The highest BCUT2D eigenvalue weighted by atomic mass is 32.2. The SMILES string of the molecule is CC1CCN(c2nnc(SC(C)C(=O)N(CCC#N)c3ccccc3)n2C2CC2)CC1. The number of thioether (sulfide) groups is 1. The Kier molecular flexibility index (Phi) is 6.81. The molecule has 31 heavy (non-hydrogen) atoms. The van der Waals surface area contributed by atoms with Crippen molar-refractivity contribution in [2.75, 3.05) is 29.4 Å². The first kappa shape index (κ1) is 21.7. The third-order valence-electron chi connectivity index (χ3n) is 6.04. The van der Waals surface area contributed by atoms with E-state index >= 15 is 0 Å². The van der Waals surface area contributed by atoms with E-state index in [1.807, 2.05) is 37.3 Å². The molecular weight excluding hydrogens is 408 g/mol. The lowest BCUT2D eigenvalue weighted by atomic mass is 10.00. The lowest BCUT2D eigenvalue weighted by molar-refractivity contribution is -0.117. The highest BCUT2D eigenvalue weighted by molar-refractivity contribution is 8.00. The van der Waals surface area contributed by atoms with Gasteiger partial charge in [0.2, 0.25) is 11.9 Å². The average Bonchev–Trinajstić information content (AvgIpc) is 3.55. The highest BCUT2D eigenvalue weighted by Crippen LogP contribution is 2.42. The first-order valence-electron chi connectivity index (χ1n) is 11.2. The lowest BCUT2D eigenvalue weighted by Crippen LogP contribution is -2.37. The summed E-state index contributed by atoms with van der Waals surface area (Å²) in [6, 6.07) is 12.2. The molecule has 1 saturated heterocycles. The number of carbonyl (C=O) groups is 1. The normalized spacial score (nSPS) is 17.9. The molecule has 2 fully saturated rings. The number of hydrogen-bond acceptors (Lipinski definition) is 6. The van der Waals surface area contributed by atoms with Crippen LogP contribution >= 0.6 is 11.8 Å². The van der Waals surface area contributed by atoms with E-state index in [4.69, 9.17) is 5.26 Å². The molecule has 1 amide bonds. The topological polar surface area (TPSA) is 78.1 Å². The van der Waals surface area contributed by atoms with Crippen LogP contribution in [0.25, 0.3) is 0 Å². The van der Waals surface area contributed by atoms with Gasteiger partial charge in [0.1, 0.15) is 0 Å². The Morgan fingerprint density at radius 1 is 1.23 bits per heavy atom. The van der Waals surface area contributed by atoms with E-state index in [-0.39, 0.29) is 11.2 Å². The minimum Gasteiger partial charge on any atom is -0.341 e. The van der Waals surface area contributed by atoms with Gasteiger partial charge in [-0.3, -0.25) is 9.36 Å². The second-order valence-electron chi connectivity index (χ2n) is 8.55. The summed E-state index contributed by atoms with van der Waals surface area (Å²) in [5.41, 5.74) is 0.821. The third-order valence-corrected chi connectivity index (χ3v) is 7.08. The number of aromatic nitrogens is 3. The number of hydrogen-bond donors (Lipinski definition) is 0. The molecule has 1 aliphatic heterocycles. The fraction of sp³-hybridized carbons (Fsp3) is 0.565. The summed E-state index contributed by atoms with van der Waals surface area (Å²) in [7, 11) is 0. The van der Waals surface area contributed by atoms with Crippen molar-refractivity contribution in [3.8, 4) is 6.07 Å². The standard InChI is InChI=1S/C23H30N6OS/c1-17-11-15-27(16-12-17)22-25-26-23(29(22)20-9-10-20)31-18(2)21(30)28(14-6-13-24)19-7-4-3-5-8-19/h3-5,7-8,17-18,20H,6,9-12,14-16H2,1-2H3. The Morgan fingerprint density at radius 3 is 2.58 bits per heavy atom. The average molecular weight is 439 g/mol. The van der Waals surface area contributed by atoms with Gasteiger partial charge in [-0.1, -0.05) is 36.9 Å². The molecule has 1 atom stereocenters. The van der Waals surface area contributed by atoms with Crippen LogP contribution in [0.5, 0.6) is 0 Å². The van der Waals surface area contributed by atoms with E-state index in [0.29, 0.717) is 19.0 Å². The molecule has 1 aromatic heterocycles. The fourth-order valence-electron chi connectivity index (χ4n) is 3.99. The van der Waals surface area contributed by atoms with Crippen LogP contribution < -0.4 is 9.80 Å². The monoisotopic (exact) mass is 438 g/mol. The summed E-state index contributed by atoms with van der Waals surface area (Å²) in [5, 5.41) is 18.6. The van der Waals surface area contributed by atoms with Crippen molar-refractivity contribution in [1.29, 1.82) is 5.26 Å². The molecule has 0 spiro atoms. The summed E-state index contributed by atoms with van der Waals surface area (Å²) in [6.45, 7) is 6.64. The van der Waals surface area contributed by atoms with Crippen molar-refractivity contribution >= 4 is 29.3 Å². The summed E-state index contributed by atoms with van der Waals surface area (Å²) < 4.78 is 2.26. The molecule has 2 heterocycles. The predicted molar refractivity (Wildman–Crippen MR) is 123 cm³/mol. The lowest BCUT2D eigenvalue weighted by Gasteiger charge is -2.31. The van der Waals surface area contributed by atoms with Crippen LogP contribution in [0.15, 0.2) is 35.5 Å². The fourth-order valence-corrected chi connectivity index (χ4v) is 4.97. The maximum atomic E-state index is 13.3. The molecule has 2 aromatic rings. The summed E-state index contributed by atoms with van der Waals surface area (Å²) in [4.78, 5) is 17.4. The molecule has 1 saturated carbocycles. The van der Waals surface area contributed by atoms with Crippen LogP contribution in [0.4, 0.5) is 11.6 Å². The third kappa shape index (κ3) is 5.04. The number of nitrogens with zero attached hydrogens (tertiary/aromatic N) is 6. The Labute approximate surface area is 188 Å². The van der Waals surface area contributed by atoms with Gasteiger partial charge in [-0.15, -0.1) is 10.2 Å². The maximum absolute atomic E-state index is 13.3. The molecule has 1 unspecified atom stereocenters. The highest BCUT2D eigenvalue weighted by Gasteiger charge is 2.34. The molecule has 7 nitrogen and oxygen atoms in total. The number of piperidine rings is 1. The smallest absolute Gasteiger partial charge is 0.240 e. The van der Waals surface area contributed by atoms with Gasteiger partial charge in [-0.25, -0.2) is 0 Å². The summed E-state index contributed by atoms with van der Waals surface area (Å²) >= 11 is 1.48. The Balaban J connectivity index is 1.51. The number of rotatable bonds is 8. The minimum absolute atomic E-state index is 0.00913. The Bertz CT molecular complexity index is 927. The van der Waals surface area contributed by atoms with E-state index in [1.165, 1.54) is 24.6 Å². The van der Waals surface area contributed by atoms with Crippen LogP contribution in [0.3, 0.4) is 0 Å². The van der Waals surface area contributed by atoms with Gasteiger partial charge in [-0.2, -0.15) is 5.26 Å². The van der Waals surface area contributed by atoms with Crippen LogP contribution in [-0.2, 0) is 4.79 Å². The van der Waals surface area contributed by atoms with Gasteiger partial charge in [-0.05, 0) is 50.7 Å². The van der Waals surface area contributed by atoms with Gasteiger partial charge in [0.25, 0.3) is 0 Å². The quantitative estimate of drug-likeness (QED) is 0.573. The zero-order valence-corrected chi connectivity index (χ0v) is 19.1. The molecule has 0 N–H and O–H groups in total. The van der Waals surface area contributed by atoms with E-state index in [0.717, 1.165) is 48.6 Å². The number of nitriles is 1. The van der Waals surface area contributed by atoms with Crippen molar-refractivity contribution in [3.63, 3.8) is 0 Å². The maximum Gasteiger partial charge on any atom is 0.240 e. The zero-order valence-electron chi connectivity index (χ0n) is 18.3. The van der Waals surface area contributed by atoms with Gasteiger partial charge >= 0.3 is 0 Å². The van der Waals surface area contributed by atoms with E-state index < -0.39 is 0 Å².